The van der Waals surface area contributed by atoms with Crippen molar-refractivity contribution in [2.45, 2.75) is 51.5 Å². The van der Waals surface area contributed by atoms with Crippen LogP contribution in [0.3, 0.4) is 0 Å². The van der Waals surface area contributed by atoms with Gasteiger partial charge in [0.15, 0.2) is 5.82 Å². The van der Waals surface area contributed by atoms with Gasteiger partial charge in [-0.2, -0.15) is 4.98 Å². The number of methoxy groups -OCH3 is 1. The summed E-state index contributed by atoms with van der Waals surface area (Å²) in [6.07, 6.45) is 3.93. The highest BCUT2D eigenvalue weighted by atomic mass is 35.5. The number of carbonyl (C=O) groups is 1. The lowest BCUT2D eigenvalue weighted by molar-refractivity contribution is -0.119. The Kier molecular flexibility index (Phi) is 8.07. The van der Waals surface area contributed by atoms with E-state index in [9.17, 15) is 4.79 Å². The summed E-state index contributed by atoms with van der Waals surface area (Å²) in [6.45, 7) is 10.6. The van der Waals surface area contributed by atoms with E-state index in [1.165, 1.54) is 24.0 Å². The monoisotopic (exact) mass is 548 g/mol. The minimum absolute atomic E-state index is 0.00496. The molecule has 1 amide bonds. The Labute approximate surface area is 235 Å². The second-order valence-corrected chi connectivity index (χ2v) is 11.4. The number of hydrogen-bond acceptors (Lipinski definition) is 7. The molecule has 0 radical (unpaired) electrons. The van der Waals surface area contributed by atoms with Crippen molar-refractivity contribution in [2.75, 3.05) is 49.3 Å². The first-order valence-corrected chi connectivity index (χ1v) is 13.9. The molecule has 0 atom stereocenters. The van der Waals surface area contributed by atoms with Gasteiger partial charge in [-0.05, 0) is 93.1 Å². The first-order valence-electron chi connectivity index (χ1n) is 13.6. The number of ether oxygens (including phenoxy) is 1. The number of aromatic nitrogens is 2. The topological polar surface area (TPSA) is 91.4 Å². The van der Waals surface area contributed by atoms with E-state index < -0.39 is 5.41 Å². The minimum Gasteiger partial charge on any atom is -0.383 e. The fraction of sp³-hybridized carbons (Fsp3) is 0.433. The maximum Gasteiger partial charge on any atom is 0.234 e. The predicted molar refractivity (Wildman–Crippen MR) is 157 cm³/mol. The second-order valence-electron chi connectivity index (χ2n) is 11.0. The van der Waals surface area contributed by atoms with E-state index in [4.69, 9.17) is 16.3 Å². The summed E-state index contributed by atoms with van der Waals surface area (Å²) >= 11 is 6.44. The van der Waals surface area contributed by atoms with Crippen molar-refractivity contribution in [3.05, 3.63) is 69.9 Å². The Balaban J connectivity index is 1.25. The molecule has 39 heavy (non-hydrogen) atoms. The first-order chi connectivity index (χ1) is 18.8. The van der Waals surface area contributed by atoms with Crippen molar-refractivity contribution in [3.8, 4) is 0 Å². The van der Waals surface area contributed by atoms with Crippen LogP contribution in [0, 0.1) is 6.92 Å². The van der Waals surface area contributed by atoms with E-state index in [0.29, 0.717) is 29.3 Å². The van der Waals surface area contributed by atoms with Crippen LogP contribution in [0.15, 0.2) is 42.6 Å². The van der Waals surface area contributed by atoms with Gasteiger partial charge < -0.3 is 25.6 Å². The molecule has 206 valence electrons. The molecule has 8 nitrogen and oxygen atoms in total. The molecule has 2 aliphatic rings. The van der Waals surface area contributed by atoms with Gasteiger partial charge in [0.25, 0.3) is 0 Å². The largest absolute Gasteiger partial charge is 0.383 e. The SMILES string of the molecule is COCCN1CCC(c2ccc(Nc3ncc(Cl)c(NCc4cccc5c4C(C)(C)C(=O)N5)n3)cc2C)CC1. The highest BCUT2D eigenvalue weighted by Crippen LogP contribution is 2.40. The molecule has 2 aromatic carbocycles. The number of halogens is 1. The minimum atomic E-state index is -0.596. The summed E-state index contributed by atoms with van der Waals surface area (Å²) in [4.78, 5) is 24.0. The highest BCUT2D eigenvalue weighted by molar-refractivity contribution is 6.32. The van der Waals surface area contributed by atoms with Crippen molar-refractivity contribution >= 4 is 40.6 Å². The standard InChI is InChI=1S/C30H37ClN6O2/c1-19-16-22(8-9-23(19)20-10-12-37(13-11-20)14-15-39-4)34-29-33-18-24(31)27(36-29)32-17-21-6-5-7-25-26(21)30(2,3)28(38)35-25/h5-9,16,18,20H,10-15,17H2,1-4H3,(H,35,38)(H2,32,33,34,36). The predicted octanol–water partition coefficient (Wildman–Crippen LogP) is 5.85. The lowest BCUT2D eigenvalue weighted by Gasteiger charge is -2.32. The number of amides is 1. The molecule has 2 aliphatic heterocycles. The van der Waals surface area contributed by atoms with Crippen LogP contribution >= 0.6 is 11.6 Å². The van der Waals surface area contributed by atoms with Crippen molar-refractivity contribution in [3.63, 3.8) is 0 Å². The maximum absolute atomic E-state index is 12.4. The van der Waals surface area contributed by atoms with Gasteiger partial charge in [-0.25, -0.2) is 4.98 Å². The average Bonchev–Trinajstić information content (AvgIpc) is 3.16. The average molecular weight is 549 g/mol. The van der Waals surface area contributed by atoms with Crippen molar-refractivity contribution < 1.29 is 9.53 Å². The number of anilines is 4. The Morgan fingerprint density at radius 1 is 1.21 bits per heavy atom. The van der Waals surface area contributed by atoms with E-state index in [1.54, 1.807) is 13.3 Å². The van der Waals surface area contributed by atoms with Crippen LogP contribution in [0.1, 0.15) is 54.9 Å². The summed E-state index contributed by atoms with van der Waals surface area (Å²) in [5.41, 5.74) is 5.91. The van der Waals surface area contributed by atoms with Gasteiger partial charge in [0.2, 0.25) is 11.9 Å². The summed E-state index contributed by atoms with van der Waals surface area (Å²) in [5.74, 6) is 1.59. The number of fused-ring (bicyclic) bond motifs is 1. The van der Waals surface area contributed by atoms with Gasteiger partial charge in [-0.3, -0.25) is 4.79 Å². The molecule has 1 saturated heterocycles. The third-order valence-corrected chi connectivity index (χ3v) is 8.22. The molecule has 0 saturated carbocycles. The van der Waals surface area contributed by atoms with Gasteiger partial charge in [0.1, 0.15) is 5.02 Å². The van der Waals surface area contributed by atoms with Crippen LogP contribution in [-0.4, -0.2) is 54.1 Å². The fourth-order valence-corrected chi connectivity index (χ4v) is 5.90. The van der Waals surface area contributed by atoms with Crippen LogP contribution in [0.2, 0.25) is 5.02 Å². The van der Waals surface area contributed by atoms with Gasteiger partial charge in [0.05, 0.1) is 18.2 Å². The van der Waals surface area contributed by atoms with Crippen LogP contribution in [0.5, 0.6) is 0 Å². The Bertz CT molecular complexity index is 1350. The summed E-state index contributed by atoms with van der Waals surface area (Å²) in [6, 6.07) is 12.4. The smallest absolute Gasteiger partial charge is 0.234 e. The lowest BCUT2D eigenvalue weighted by atomic mass is 9.83. The summed E-state index contributed by atoms with van der Waals surface area (Å²) < 4.78 is 5.23. The van der Waals surface area contributed by atoms with Gasteiger partial charge in [-0.15, -0.1) is 0 Å². The molecular weight excluding hydrogens is 512 g/mol. The normalized spacial score (nSPS) is 17.1. The molecular formula is C30H37ClN6O2. The Hall–Kier alpha value is -3.20. The van der Waals surface area contributed by atoms with E-state index >= 15 is 0 Å². The van der Waals surface area contributed by atoms with Crippen molar-refractivity contribution in [1.82, 2.24) is 14.9 Å². The third kappa shape index (κ3) is 5.88. The molecule has 3 heterocycles. The molecule has 0 aliphatic carbocycles. The summed E-state index contributed by atoms with van der Waals surface area (Å²) in [7, 11) is 1.76. The lowest BCUT2D eigenvalue weighted by Crippen LogP contribution is -2.35. The number of benzene rings is 2. The number of carbonyl (C=O) groups excluding carboxylic acids is 1. The molecule has 9 heteroatoms. The number of hydrogen-bond donors (Lipinski definition) is 3. The zero-order valence-corrected chi connectivity index (χ0v) is 23.9. The van der Waals surface area contributed by atoms with Crippen LogP contribution in [0.25, 0.3) is 0 Å². The second kappa shape index (κ2) is 11.5. The fourth-order valence-electron chi connectivity index (χ4n) is 5.74. The van der Waals surface area contributed by atoms with Crippen LogP contribution in [0.4, 0.5) is 23.1 Å². The molecule has 1 aromatic heterocycles. The molecule has 0 unspecified atom stereocenters. The van der Waals surface area contributed by atoms with E-state index in [0.717, 1.165) is 48.7 Å². The number of nitrogens with zero attached hydrogens (tertiary/aromatic N) is 3. The molecule has 5 rings (SSSR count). The van der Waals surface area contributed by atoms with Crippen molar-refractivity contribution in [1.29, 1.82) is 0 Å². The molecule has 3 aromatic rings. The number of rotatable bonds is 9. The van der Waals surface area contributed by atoms with Gasteiger partial charge in [0, 0.05) is 31.6 Å². The van der Waals surface area contributed by atoms with Gasteiger partial charge >= 0.3 is 0 Å². The molecule has 0 spiro atoms. The Morgan fingerprint density at radius 3 is 2.74 bits per heavy atom. The quantitative estimate of drug-likeness (QED) is 0.309. The zero-order chi connectivity index (χ0) is 27.6. The maximum atomic E-state index is 12.4. The first kappa shape index (κ1) is 27.4. The van der Waals surface area contributed by atoms with Crippen LogP contribution in [-0.2, 0) is 21.5 Å². The number of nitrogens with one attached hydrogen (secondary N) is 3. The highest BCUT2D eigenvalue weighted by Gasteiger charge is 2.39. The van der Waals surface area contributed by atoms with Gasteiger partial charge in [-0.1, -0.05) is 29.8 Å². The van der Waals surface area contributed by atoms with E-state index in [-0.39, 0.29) is 5.91 Å². The number of aryl methyl sites for hydroxylation is 1. The Morgan fingerprint density at radius 2 is 2.00 bits per heavy atom. The number of likely N-dealkylation sites (tertiary alicyclic amines) is 1. The molecule has 1 fully saturated rings. The van der Waals surface area contributed by atoms with Crippen LogP contribution < -0.4 is 16.0 Å². The van der Waals surface area contributed by atoms with Crippen molar-refractivity contribution in [2.24, 2.45) is 0 Å². The summed E-state index contributed by atoms with van der Waals surface area (Å²) in [5, 5.41) is 10.1. The van der Waals surface area contributed by atoms with E-state index in [1.807, 2.05) is 32.0 Å². The molecule has 0 bridgehead atoms. The van der Waals surface area contributed by atoms with E-state index in [2.05, 4.69) is 55.9 Å². The third-order valence-electron chi connectivity index (χ3n) is 7.95. The zero-order valence-electron chi connectivity index (χ0n) is 23.1. The number of piperidine rings is 1. The molecule has 3 N–H and O–H groups in total.